The van der Waals surface area contributed by atoms with Crippen LogP contribution in [-0.2, 0) is 11.2 Å². The van der Waals surface area contributed by atoms with E-state index in [1.54, 1.807) is 0 Å². The molecule has 100 valence electrons. The third-order valence-electron chi connectivity index (χ3n) is 3.91. The van der Waals surface area contributed by atoms with Gasteiger partial charge in [0, 0.05) is 18.3 Å². The van der Waals surface area contributed by atoms with Crippen LogP contribution in [0.15, 0.2) is 24.3 Å². The molecule has 2 N–H and O–H groups in total. The number of anilines is 1. The van der Waals surface area contributed by atoms with E-state index < -0.39 is 0 Å². The Balaban J connectivity index is 1.77. The number of aryl methyl sites for hydroxylation is 1. The summed E-state index contributed by atoms with van der Waals surface area (Å²) in [6, 6.07) is 8.73. The van der Waals surface area contributed by atoms with Gasteiger partial charge in [0.2, 0.25) is 0 Å². The zero-order chi connectivity index (χ0) is 13.0. The molecule has 1 saturated heterocycles. The van der Waals surface area contributed by atoms with Crippen LogP contribution in [0.5, 0.6) is 0 Å². The summed E-state index contributed by atoms with van der Waals surface area (Å²) in [5.41, 5.74) is 8.13. The van der Waals surface area contributed by atoms with Crippen LogP contribution in [0.3, 0.4) is 0 Å². The summed E-state index contributed by atoms with van der Waals surface area (Å²) in [4.78, 5) is 2.43. The van der Waals surface area contributed by atoms with Gasteiger partial charge in [-0.2, -0.15) is 0 Å². The molecule has 1 aromatic carbocycles. The number of likely N-dealkylation sites (N-methyl/N-ethyl adjacent to an activating group) is 1. The van der Waals surface area contributed by atoms with Crippen molar-refractivity contribution in [2.24, 2.45) is 0 Å². The van der Waals surface area contributed by atoms with Crippen LogP contribution in [0, 0.1) is 0 Å². The fourth-order valence-electron chi connectivity index (χ4n) is 2.75. The molecule has 1 aliphatic rings. The molecule has 3 heteroatoms. The van der Waals surface area contributed by atoms with Gasteiger partial charge in [-0.25, -0.2) is 0 Å². The van der Waals surface area contributed by atoms with Crippen LogP contribution >= 0.6 is 0 Å². The van der Waals surface area contributed by atoms with Crippen LogP contribution in [0.1, 0.15) is 25.3 Å². The third-order valence-corrected chi connectivity index (χ3v) is 3.91. The fourth-order valence-corrected chi connectivity index (χ4v) is 2.75. The molecule has 1 heterocycles. The maximum atomic E-state index is 5.95. The predicted octanol–water partition coefficient (Wildman–Crippen LogP) is 2.31. The molecule has 18 heavy (non-hydrogen) atoms. The number of para-hydroxylation sites is 1. The molecule has 0 aliphatic carbocycles. The maximum Gasteiger partial charge on any atom is 0.0702 e. The van der Waals surface area contributed by atoms with Crippen molar-refractivity contribution in [1.82, 2.24) is 4.90 Å². The minimum Gasteiger partial charge on any atom is -0.399 e. The molecule has 2 atom stereocenters. The topological polar surface area (TPSA) is 38.5 Å². The number of nitrogens with zero attached hydrogens (tertiary/aromatic N) is 1. The molecule has 1 aromatic rings. The number of hydrogen-bond donors (Lipinski definition) is 1. The fraction of sp³-hybridized carbons (Fsp3) is 0.600. The van der Waals surface area contributed by atoms with Crippen molar-refractivity contribution in [2.45, 2.75) is 38.3 Å². The number of ether oxygens (including phenoxy) is 1. The SMILES string of the molecule is CC1OCCC1N(C)CCCc1ccccc1N. The molecule has 1 fully saturated rings. The first-order valence-corrected chi connectivity index (χ1v) is 6.83. The molecule has 0 aromatic heterocycles. The summed E-state index contributed by atoms with van der Waals surface area (Å²) in [5.74, 6) is 0. The Bertz CT molecular complexity index is 381. The lowest BCUT2D eigenvalue weighted by Gasteiger charge is -2.26. The zero-order valence-electron chi connectivity index (χ0n) is 11.4. The predicted molar refractivity (Wildman–Crippen MR) is 75.6 cm³/mol. The van der Waals surface area contributed by atoms with Gasteiger partial charge in [0.25, 0.3) is 0 Å². The normalized spacial score (nSPS) is 23.7. The maximum absolute atomic E-state index is 5.95. The molecular formula is C15H24N2O. The van der Waals surface area contributed by atoms with Gasteiger partial charge in [-0.3, -0.25) is 0 Å². The minimum absolute atomic E-state index is 0.372. The Morgan fingerprint density at radius 3 is 2.83 bits per heavy atom. The van der Waals surface area contributed by atoms with Crippen LogP contribution in [0.25, 0.3) is 0 Å². The van der Waals surface area contributed by atoms with E-state index in [0.29, 0.717) is 12.1 Å². The molecular weight excluding hydrogens is 224 g/mol. The first-order valence-electron chi connectivity index (χ1n) is 6.83. The van der Waals surface area contributed by atoms with E-state index in [9.17, 15) is 0 Å². The number of nitrogen functional groups attached to an aromatic ring is 1. The summed E-state index contributed by atoms with van der Waals surface area (Å²) >= 11 is 0. The highest BCUT2D eigenvalue weighted by atomic mass is 16.5. The Labute approximate surface area is 110 Å². The Morgan fingerprint density at radius 1 is 1.39 bits per heavy atom. The molecule has 0 radical (unpaired) electrons. The average molecular weight is 248 g/mol. The Morgan fingerprint density at radius 2 is 2.17 bits per heavy atom. The summed E-state index contributed by atoms with van der Waals surface area (Å²) < 4.78 is 5.61. The van der Waals surface area contributed by atoms with E-state index >= 15 is 0 Å². The van der Waals surface area contributed by atoms with Gasteiger partial charge in [-0.1, -0.05) is 18.2 Å². The van der Waals surface area contributed by atoms with E-state index in [1.165, 1.54) is 5.56 Å². The number of nitrogens with two attached hydrogens (primary N) is 1. The highest BCUT2D eigenvalue weighted by Gasteiger charge is 2.27. The summed E-state index contributed by atoms with van der Waals surface area (Å²) in [7, 11) is 2.20. The van der Waals surface area contributed by atoms with Crippen molar-refractivity contribution in [3.63, 3.8) is 0 Å². The van der Waals surface area contributed by atoms with E-state index in [2.05, 4.69) is 31.0 Å². The van der Waals surface area contributed by atoms with E-state index in [1.807, 2.05) is 12.1 Å². The van der Waals surface area contributed by atoms with E-state index in [4.69, 9.17) is 10.5 Å². The molecule has 1 aliphatic heterocycles. The summed E-state index contributed by atoms with van der Waals surface area (Å²) in [6.07, 6.45) is 3.73. The van der Waals surface area contributed by atoms with Crippen molar-refractivity contribution in [3.8, 4) is 0 Å². The van der Waals surface area contributed by atoms with Crippen LogP contribution in [-0.4, -0.2) is 37.2 Å². The lowest BCUT2D eigenvalue weighted by Crippen LogP contribution is -2.37. The first-order chi connectivity index (χ1) is 8.68. The van der Waals surface area contributed by atoms with Gasteiger partial charge in [-0.05, 0) is 51.4 Å². The van der Waals surface area contributed by atoms with Gasteiger partial charge >= 0.3 is 0 Å². The van der Waals surface area contributed by atoms with Gasteiger partial charge in [0.05, 0.1) is 6.10 Å². The molecule has 0 saturated carbocycles. The largest absolute Gasteiger partial charge is 0.399 e. The third kappa shape index (κ3) is 3.24. The quantitative estimate of drug-likeness (QED) is 0.813. The van der Waals surface area contributed by atoms with Crippen LogP contribution in [0.2, 0.25) is 0 Å². The van der Waals surface area contributed by atoms with E-state index in [0.717, 1.165) is 38.1 Å². The van der Waals surface area contributed by atoms with Crippen molar-refractivity contribution in [1.29, 1.82) is 0 Å². The first kappa shape index (κ1) is 13.4. The van der Waals surface area contributed by atoms with Gasteiger partial charge < -0.3 is 15.4 Å². The smallest absolute Gasteiger partial charge is 0.0702 e. The summed E-state index contributed by atoms with van der Waals surface area (Å²) in [5, 5.41) is 0. The average Bonchev–Trinajstić information content (AvgIpc) is 2.78. The minimum atomic E-state index is 0.372. The number of hydrogen-bond acceptors (Lipinski definition) is 3. The second kappa shape index (κ2) is 6.21. The Kier molecular flexibility index (Phi) is 4.61. The lowest BCUT2D eigenvalue weighted by molar-refractivity contribution is 0.0834. The van der Waals surface area contributed by atoms with Crippen molar-refractivity contribution in [3.05, 3.63) is 29.8 Å². The number of benzene rings is 1. The molecule has 0 bridgehead atoms. The molecule has 0 spiro atoms. The Hall–Kier alpha value is -1.06. The monoisotopic (exact) mass is 248 g/mol. The highest BCUT2D eigenvalue weighted by molar-refractivity contribution is 5.46. The van der Waals surface area contributed by atoms with Gasteiger partial charge in [0.15, 0.2) is 0 Å². The van der Waals surface area contributed by atoms with Crippen LogP contribution < -0.4 is 5.73 Å². The molecule has 2 rings (SSSR count). The molecule has 0 amide bonds. The van der Waals surface area contributed by atoms with Crippen LogP contribution in [0.4, 0.5) is 5.69 Å². The zero-order valence-corrected chi connectivity index (χ0v) is 11.4. The van der Waals surface area contributed by atoms with Crippen molar-refractivity contribution >= 4 is 5.69 Å². The van der Waals surface area contributed by atoms with Gasteiger partial charge in [-0.15, -0.1) is 0 Å². The van der Waals surface area contributed by atoms with Gasteiger partial charge in [0.1, 0.15) is 0 Å². The van der Waals surface area contributed by atoms with Crippen molar-refractivity contribution in [2.75, 3.05) is 25.9 Å². The second-order valence-electron chi connectivity index (χ2n) is 5.21. The van der Waals surface area contributed by atoms with Crippen molar-refractivity contribution < 1.29 is 4.74 Å². The standard InChI is InChI=1S/C15H24N2O/c1-12-15(9-11-18-12)17(2)10-5-7-13-6-3-4-8-14(13)16/h3-4,6,8,12,15H,5,7,9-11,16H2,1-2H3. The summed E-state index contributed by atoms with van der Waals surface area (Å²) in [6.45, 7) is 4.18. The molecule has 3 nitrogen and oxygen atoms in total. The van der Waals surface area contributed by atoms with E-state index in [-0.39, 0.29) is 0 Å². The lowest BCUT2D eigenvalue weighted by atomic mass is 10.1. The molecule has 2 unspecified atom stereocenters. The highest BCUT2D eigenvalue weighted by Crippen LogP contribution is 2.19. The second-order valence-corrected chi connectivity index (χ2v) is 5.21. The number of rotatable bonds is 5.